The molecule has 0 aromatic heterocycles. The van der Waals surface area contributed by atoms with Crippen LogP contribution in [0.25, 0.3) is 0 Å². The van der Waals surface area contributed by atoms with Gasteiger partial charge < -0.3 is 5.09 Å². The van der Waals surface area contributed by atoms with Crippen LogP contribution in [0.2, 0.25) is 0 Å². The molecule has 0 amide bonds. The minimum atomic E-state index is -0.813. The molecule has 148 valence electrons. The van der Waals surface area contributed by atoms with Gasteiger partial charge in [0.2, 0.25) is 0 Å². The second kappa shape index (κ2) is 9.52. The van der Waals surface area contributed by atoms with E-state index in [1.54, 1.807) is 0 Å². The average Bonchev–Trinajstić information content (AvgIpc) is 2.79. The maximum absolute atomic E-state index is 5.10. The lowest BCUT2D eigenvalue weighted by Crippen LogP contribution is -2.29. The van der Waals surface area contributed by atoms with Gasteiger partial charge in [-0.2, -0.15) is 0 Å². The van der Waals surface area contributed by atoms with Crippen molar-refractivity contribution < 1.29 is 0 Å². The quantitative estimate of drug-likeness (QED) is 0.244. The highest BCUT2D eigenvalue weighted by Gasteiger charge is 2.18. The predicted molar refractivity (Wildman–Crippen MR) is 131 cm³/mol. The van der Waals surface area contributed by atoms with Gasteiger partial charge in [-0.25, -0.2) is 4.99 Å². The number of hydrogen-bond donors (Lipinski definition) is 1. The van der Waals surface area contributed by atoms with Gasteiger partial charge in [0.05, 0.1) is 13.8 Å². The molecule has 4 aromatic carbocycles. The lowest BCUT2D eigenvalue weighted by molar-refractivity contribution is 1.32. The number of rotatable bonds is 5. The molecule has 2 nitrogen and oxygen atoms in total. The molecular weight excluding hydrogens is 383 g/mol. The second-order valence-corrected chi connectivity index (χ2v) is 9.11. The number of benzene rings is 4. The van der Waals surface area contributed by atoms with Gasteiger partial charge in [0.15, 0.2) is 0 Å². The Morgan fingerprint density at radius 3 is 1.67 bits per heavy atom. The van der Waals surface area contributed by atoms with Crippen molar-refractivity contribution in [1.82, 2.24) is 5.09 Å². The summed E-state index contributed by atoms with van der Waals surface area (Å²) in [6.45, 7) is 4.24. The monoisotopic (exact) mass is 408 g/mol. The van der Waals surface area contributed by atoms with Gasteiger partial charge in [0.25, 0.3) is 0 Å². The number of para-hydroxylation sites is 1. The summed E-state index contributed by atoms with van der Waals surface area (Å²) in [4.78, 5) is 5.10. The molecule has 0 heterocycles. The second-order valence-electron chi connectivity index (χ2n) is 7.18. The number of aryl methyl sites for hydroxylation is 2. The Labute approximate surface area is 180 Å². The molecule has 0 spiro atoms. The van der Waals surface area contributed by atoms with Crippen molar-refractivity contribution in [3.63, 3.8) is 0 Å². The molecule has 4 rings (SSSR count). The van der Waals surface area contributed by atoms with Crippen LogP contribution in [0.4, 0.5) is 5.69 Å². The summed E-state index contributed by atoms with van der Waals surface area (Å²) in [5.74, 6) is 0.904. The van der Waals surface area contributed by atoms with Crippen molar-refractivity contribution >= 4 is 30.2 Å². The van der Waals surface area contributed by atoms with Gasteiger partial charge in [-0.15, -0.1) is 0 Å². The van der Waals surface area contributed by atoms with Crippen molar-refractivity contribution in [2.24, 2.45) is 4.99 Å². The fourth-order valence-electron chi connectivity index (χ4n) is 3.33. The van der Waals surface area contributed by atoms with E-state index in [-0.39, 0.29) is 0 Å². The van der Waals surface area contributed by atoms with E-state index in [2.05, 4.69) is 122 Å². The minimum absolute atomic E-state index is 0.813. The molecule has 4 aromatic rings. The maximum atomic E-state index is 5.10. The van der Waals surface area contributed by atoms with Crippen molar-refractivity contribution in [3.05, 3.63) is 126 Å². The summed E-state index contributed by atoms with van der Waals surface area (Å²) in [6, 6.07) is 38.0. The van der Waals surface area contributed by atoms with Crippen LogP contribution in [0.15, 0.2) is 114 Å². The fourth-order valence-corrected chi connectivity index (χ4v) is 5.21. The summed E-state index contributed by atoms with van der Waals surface area (Å²) < 4.78 is 0. The predicted octanol–water partition coefficient (Wildman–Crippen LogP) is 6.02. The highest BCUT2D eigenvalue weighted by molar-refractivity contribution is 7.71. The van der Waals surface area contributed by atoms with Crippen LogP contribution in [0, 0.1) is 13.8 Å². The first-order chi connectivity index (χ1) is 14.7. The van der Waals surface area contributed by atoms with E-state index in [1.165, 1.54) is 16.2 Å². The molecule has 0 radical (unpaired) electrons. The van der Waals surface area contributed by atoms with Gasteiger partial charge >= 0.3 is 0 Å². The Kier molecular flexibility index (Phi) is 6.37. The van der Waals surface area contributed by atoms with E-state index < -0.39 is 8.07 Å². The largest absolute Gasteiger partial charge is 0.341 e. The molecule has 0 atom stereocenters. The van der Waals surface area contributed by atoms with E-state index >= 15 is 0 Å². The maximum Gasteiger partial charge on any atom is 0.137 e. The molecule has 0 fully saturated rings. The molecule has 0 aliphatic rings. The first-order valence-corrected chi connectivity index (χ1v) is 11.4. The molecule has 0 aliphatic heterocycles. The Morgan fingerprint density at radius 1 is 0.600 bits per heavy atom. The topological polar surface area (TPSA) is 24.4 Å². The number of nitrogens with zero attached hydrogens (tertiary/aromatic N) is 1. The molecule has 0 aliphatic carbocycles. The number of nitrogens with one attached hydrogen (secondary N) is 1. The van der Waals surface area contributed by atoms with Crippen LogP contribution in [0.5, 0.6) is 0 Å². The Hall–Kier alpha value is -3.22. The van der Waals surface area contributed by atoms with E-state index in [0.717, 1.165) is 22.6 Å². The van der Waals surface area contributed by atoms with E-state index in [9.17, 15) is 0 Å². The molecule has 3 heteroatoms. The highest BCUT2D eigenvalue weighted by Crippen LogP contribution is 2.31. The van der Waals surface area contributed by atoms with Crippen LogP contribution in [0.1, 0.15) is 16.7 Å². The molecular formula is C27H25N2P. The zero-order valence-corrected chi connectivity index (χ0v) is 18.2. The summed E-state index contributed by atoms with van der Waals surface area (Å²) in [5, 5.41) is 6.37. The van der Waals surface area contributed by atoms with Crippen molar-refractivity contribution in [1.29, 1.82) is 0 Å². The van der Waals surface area contributed by atoms with Crippen molar-refractivity contribution in [3.8, 4) is 0 Å². The van der Waals surface area contributed by atoms with Crippen LogP contribution in [0.3, 0.4) is 0 Å². The lowest BCUT2D eigenvalue weighted by Gasteiger charge is -2.23. The number of aliphatic imine (C=N–C) groups is 1. The smallest absolute Gasteiger partial charge is 0.137 e. The zero-order valence-electron chi connectivity index (χ0n) is 17.3. The van der Waals surface area contributed by atoms with Gasteiger partial charge in [-0.3, -0.25) is 0 Å². The Morgan fingerprint density at radius 2 is 1.10 bits per heavy atom. The van der Waals surface area contributed by atoms with Gasteiger partial charge in [-0.1, -0.05) is 103 Å². The number of amidine groups is 1. The van der Waals surface area contributed by atoms with Crippen molar-refractivity contribution in [2.45, 2.75) is 13.8 Å². The zero-order chi connectivity index (χ0) is 20.8. The van der Waals surface area contributed by atoms with E-state index in [1.807, 2.05) is 6.07 Å². The third kappa shape index (κ3) is 4.67. The first kappa shape index (κ1) is 20.1. The normalized spacial score (nSPS) is 11.5. The third-order valence-corrected chi connectivity index (χ3v) is 7.06. The SMILES string of the molecule is Cc1ccccc1N=C(NP(c1ccccc1)c1ccccc1)c1ccccc1C. The summed E-state index contributed by atoms with van der Waals surface area (Å²) in [5.41, 5.74) is 4.47. The molecule has 0 unspecified atom stereocenters. The van der Waals surface area contributed by atoms with Crippen LogP contribution >= 0.6 is 8.07 Å². The van der Waals surface area contributed by atoms with Gasteiger partial charge in [0.1, 0.15) is 5.84 Å². The van der Waals surface area contributed by atoms with Crippen LogP contribution in [-0.4, -0.2) is 5.84 Å². The number of hydrogen-bond acceptors (Lipinski definition) is 1. The van der Waals surface area contributed by atoms with E-state index in [4.69, 9.17) is 4.99 Å². The molecule has 1 N–H and O–H groups in total. The van der Waals surface area contributed by atoms with E-state index in [0.29, 0.717) is 0 Å². The lowest BCUT2D eigenvalue weighted by atomic mass is 10.1. The van der Waals surface area contributed by atoms with Crippen LogP contribution < -0.4 is 15.7 Å². The van der Waals surface area contributed by atoms with Gasteiger partial charge in [0, 0.05) is 16.2 Å². The first-order valence-electron chi connectivity index (χ1n) is 10.1. The Bertz CT molecular complexity index is 1100. The summed E-state index contributed by atoms with van der Waals surface area (Å²) >= 11 is 0. The Balaban J connectivity index is 1.84. The van der Waals surface area contributed by atoms with Crippen molar-refractivity contribution in [2.75, 3.05) is 0 Å². The van der Waals surface area contributed by atoms with Gasteiger partial charge in [-0.05, 0) is 31.0 Å². The third-order valence-electron chi connectivity index (χ3n) is 4.99. The minimum Gasteiger partial charge on any atom is -0.341 e. The molecule has 0 saturated heterocycles. The fraction of sp³-hybridized carbons (Fsp3) is 0.0741. The van der Waals surface area contributed by atoms with Crippen LogP contribution in [-0.2, 0) is 0 Å². The molecule has 30 heavy (non-hydrogen) atoms. The molecule has 0 saturated carbocycles. The summed E-state index contributed by atoms with van der Waals surface area (Å²) in [6.07, 6.45) is 0. The highest BCUT2D eigenvalue weighted by atomic mass is 31.1. The summed E-state index contributed by atoms with van der Waals surface area (Å²) in [7, 11) is -0.813. The standard InChI is InChI=1S/C27H25N2P/c1-21-13-9-11-19-25(21)27(28-26-20-12-10-14-22(26)2)29-30(23-15-5-3-6-16-23)24-17-7-4-8-18-24/h3-20H,1-2H3,(H,28,29). The molecule has 0 bridgehead atoms. The average molecular weight is 408 g/mol.